The predicted molar refractivity (Wildman–Crippen MR) is 84.0 cm³/mol. The number of nitrogens with one attached hydrogen (secondary N) is 1. The van der Waals surface area contributed by atoms with Crippen LogP contribution in [0.15, 0.2) is 48.5 Å². The average Bonchev–Trinajstić information content (AvgIpc) is 3.05. The number of hydrogen-bond donors (Lipinski definition) is 2. The van der Waals surface area contributed by atoms with Crippen molar-refractivity contribution in [2.45, 2.75) is 31.5 Å². The lowest BCUT2D eigenvalue weighted by Gasteiger charge is -2.13. The molecule has 2 aromatic rings. The molecule has 4 N–H and O–H groups in total. The van der Waals surface area contributed by atoms with Gasteiger partial charge in [0.05, 0.1) is 0 Å². The van der Waals surface area contributed by atoms with Gasteiger partial charge in [-0.2, -0.15) is 0 Å². The zero-order valence-electron chi connectivity index (χ0n) is 12.8. The molecule has 1 aliphatic heterocycles. The summed E-state index contributed by atoms with van der Waals surface area (Å²) in [6.45, 7) is 0.200. The van der Waals surface area contributed by atoms with Crippen molar-refractivity contribution in [3.8, 4) is 5.75 Å². The van der Waals surface area contributed by atoms with E-state index >= 15 is 0 Å². The highest BCUT2D eigenvalue weighted by atomic mass is 19.1. The summed E-state index contributed by atoms with van der Waals surface area (Å²) in [4.78, 5) is 11.3. The predicted octanol–water partition coefficient (Wildman–Crippen LogP) is 1.97. The highest BCUT2D eigenvalue weighted by Crippen LogP contribution is 2.27. The normalized spacial score (nSPS) is 20.4. The number of hydrogen-bond acceptors (Lipinski definition) is 3. The molecule has 2 unspecified atom stereocenters. The highest BCUT2D eigenvalue weighted by molar-refractivity contribution is 5.71. The molecule has 23 heavy (non-hydrogen) atoms. The van der Waals surface area contributed by atoms with Gasteiger partial charge in [0.25, 0.3) is 0 Å². The van der Waals surface area contributed by atoms with Crippen LogP contribution in [0.25, 0.3) is 0 Å². The Bertz CT molecular complexity index is 688. The number of carbonyl (C=O) groups is 1. The molecule has 120 valence electrons. The van der Waals surface area contributed by atoms with Gasteiger partial charge >= 0.3 is 5.91 Å². The number of rotatable bonds is 5. The van der Waals surface area contributed by atoms with Crippen LogP contribution in [0.2, 0.25) is 0 Å². The summed E-state index contributed by atoms with van der Waals surface area (Å²) in [6, 6.07) is 14.3. The molecule has 1 saturated heterocycles. The Morgan fingerprint density at radius 1 is 1.17 bits per heavy atom. The molecule has 2 atom stereocenters. The van der Waals surface area contributed by atoms with Crippen LogP contribution in [-0.2, 0) is 11.4 Å². The Balaban J connectivity index is 1.59. The summed E-state index contributed by atoms with van der Waals surface area (Å²) in [5.74, 6) is 0.375. The molecule has 0 bridgehead atoms. The first-order valence-electron chi connectivity index (χ1n) is 7.71. The molecule has 1 fully saturated rings. The largest absolute Gasteiger partial charge is 0.489 e. The first-order valence-corrected chi connectivity index (χ1v) is 7.71. The van der Waals surface area contributed by atoms with E-state index in [2.05, 4.69) is 11.1 Å². The standard InChI is InChI=1S/C18H19FN2O2/c19-15-4-2-1-3-13(15)11-23-14-7-5-12(6-8-14)16-9-10-17(21-16)18(20)22/h1-8,16-17,21H,9-11H2,(H2,20,22)/p+1. The van der Waals surface area contributed by atoms with Gasteiger partial charge in [-0.15, -0.1) is 0 Å². The van der Waals surface area contributed by atoms with E-state index in [1.807, 2.05) is 24.3 Å². The van der Waals surface area contributed by atoms with Gasteiger partial charge in [0, 0.05) is 11.6 Å². The summed E-state index contributed by atoms with van der Waals surface area (Å²) in [6.07, 6.45) is 1.74. The van der Waals surface area contributed by atoms with Crippen LogP contribution in [0.3, 0.4) is 0 Å². The van der Waals surface area contributed by atoms with E-state index in [1.165, 1.54) is 6.07 Å². The number of benzene rings is 2. The Morgan fingerprint density at radius 2 is 1.91 bits per heavy atom. The van der Waals surface area contributed by atoms with Gasteiger partial charge in [0.15, 0.2) is 0 Å². The minimum atomic E-state index is -0.261. The first kappa shape index (κ1) is 15.6. The fraction of sp³-hybridized carbons (Fsp3) is 0.278. The van der Waals surface area contributed by atoms with E-state index < -0.39 is 0 Å². The van der Waals surface area contributed by atoms with E-state index in [9.17, 15) is 9.18 Å². The zero-order chi connectivity index (χ0) is 16.2. The van der Waals surface area contributed by atoms with Crippen molar-refractivity contribution < 1.29 is 19.7 Å². The maximum absolute atomic E-state index is 13.5. The van der Waals surface area contributed by atoms with Crippen LogP contribution >= 0.6 is 0 Å². The zero-order valence-corrected chi connectivity index (χ0v) is 12.8. The molecule has 1 aliphatic rings. The summed E-state index contributed by atoms with van der Waals surface area (Å²) in [5.41, 5.74) is 5.12. The molecule has 4 nitrogen and oxygen atoms in total. The second-order valence-corrected chi connectivity index (χ2v) is 5.76. The maximum atomic E-state index is 13.5. The van der Waals surface area contributed by atoms with Crippen molar-refractivity contribution in [3.63, 3.8) is 0 Å². The molecule has 0 radical (unpaired) electrons. The van der Waals surface area contributed by atoms with Crippen molar-refractivity contribution in [2.24, 2.45) is 0 Å². The second kappa shape index (κ2) is 6.89. The topological polar surface area (TPSA) is 66.0 Å². The quantitative estimate of drug-likeness (QED) is 0.886. The minimum Gasteiger partial charge on any atom is -0.489 e. The molecule has 0 spiro atoms. The Labute approximate surface area is 134 Å². The Morgan fingerprint density at radius 3 is 2.57 bits per heavy atom. The summed E-state index contributed by atoms with van der Waals surface area (Å²) < 4.78 is 19.2. The second-order valence-electron chi connectivity index (χ2n) is 5.76. The third-order valence-electron chi connectivity index (χ3n) is 4.17. The van der Waals surface area contributed by atoms with Crippen LogP contribution in [0.4, 0.5) is 4.39 Å². The number of amides is 1. The molecule has 0 saturated carbocycles. The fourth-order valence-electron chi connectivity index (χ4n) is 2.83. The molecular weight excluding hydrogens is 295 g/mol. The summed E-state index contributed by atoms with van der Waals surface area (Å²) in [7, 11) is 0. The first-order chi connectivity index (χ1) is 11.1. The van der Waals surface area contributed by atoms with E-state index in [-0.39, 0.29) is 30.4 Å². The average molecular weight is 315 g/mol. The van der Waals surface area contributed by atoms with Crippen LogP contribution < -0.4 is 15.8 Å². The van der Waals surface area contributed by atoms with Gasteiger partial charge in [0.2, 0.25) is 0 Å². The molecule has 0 aliphatic carbocycles. The maximum Gasteiger partial charge on any atom is 0.325 e. The van der Waals surface area contributed by atoms with Gasteiger partial charge < -0.3 is 4.74 Å². The van der Waals surface area contributed by atoms with E-state index in [1.54, 1.807) is 18.2 Å². The van der Waals surface area contributed by atoms with Crippen LogP contribution in [0.1, 0.15) is 30.0 Å². The van der Waals surface area contributed by atoms with Gasteiger partial charge in [-0.05, 0) is 36.6 Å². The molecule has 2 aromatic carbocycles. The van der Waals surface area contributed by atoms with E-state index in [4.69, 9.17) is 4.74 Å². The van der Waals surface area contributed by atoms with Crippen molar-refractivity contribution in [1.82, 2.24) is 5.32 Å². The molecule has 1 heterocycles. The number of carbonyl (C=O) groups excluding carboxylic acids is 1. The van der Waals surface area contributed by atoms with Gasteiger partial charge in [-0.25, -0.2) is 9.18 Å². The molecule has 5 heteroatoms. The van der Waals surface area contributed by atoms with Gasteiger partial charge in [-0.1, -0.05) is 30.3 Å². The highest BCUT2D eigenvalue weighted by Gasteiger charge is 2.30. The Kier molecular flexibility index (Phi) is 4.69. The van der Waals surface area contributed by atoms with Crippen LogP contribution in [0, 0.1) is 5.82 Å². The molecule has 0 aromatic heterocycles. The Hall–Kier alpha value is -2.24. The molecular formula is C18H20FN2O2+. The lowest BCUT2D eigenvalue weighted by molar-refractivity contribution is -0.308. The lowest BCUT2D eigenvalue weighted by atomic mass is 10.1. The molecule has 3 rings (SSSR count). The van der Waals surface area contributed by atoms with E-state index in [0.717, 1.165) is 18.4 Å². The van der Waals surface area contributed by atoms with Crippen molar-refractivity contribution >= 4 is 5.91 Å². The van der Waals surface area contributed by atoms with E-state index in [0.29, 0.717) is 11.3 Å². The van der Waals surface area contributed by atoms with Crippen molar-refractivity contribution in [2.75, 3.05) is 0 Å². The van der Waals surface area contributed by atoms with Gasteiger partial charge in [-0.3, -0.25) is 11.1 Å². The third kappa shape index (κ3) is 3.75. The summed E-state index contributed by atoms with van der Waals surface area (Å²) >= 11 is 0. The minimum absolute atomic E-state index is 0.0580. The third-order valence-corrected chi connectivity index (χ3v) is 4.17. The van der Waals surface area contributed by atoms with Gasteiger partial charge in [0.1, 0.15) is 24.2 Å². The number of ether oxygens (including phenoxy) is 1. The van der Waals surface area contributed by atoms with Crippen LogP contribution in [0.5, 0.6) is 5.75 Å². The van der Waals surface area contributed by atoms with Crippen molar-refractivity contribution in [1.29, 1.82) is 0 Å². The number of quaternary nitrogens is 1. The molecule has 1 amide bonds. The lowest BCUT2D eigenvalue weighted by Crippen LogP contribution is -2.64. The number of halogens is 1. The van der Waals surface area contributed by atoms with Crippen LogP contribution in [-0.4, -0.2) is 11.9 Å². The fourth-order valence-corrected chi connectivity index (χ4v) is 2.83. The monoisotopic (exact) mass is 315 g/mol. The smallest absolute Gasteiger partial charge is 0.325 e. The summed E-state index contributed by atoms with van der Waals surface area (Å²) in [5, 5.41) is 3.29. The SMILES string of the molecule is [NH3+]C(=O)C1CCC(c2ccc(OCc3ccccc3F)cc2)N1. The van der Waals surface area contributed by atoms with Crippen molar-refractivity contribution in [3.05, 3.63) is 65.5 Å².